The lowest BCUT2D eigenvalue weighted by molar-refractivity contribution is 0.0596. The number of rotatable bonds is 6. The number of nitrogens with one attached hydrogen (secondary N) is 2. The second kappa shape index (κ2) is 7.87. The third-order valence-electron chi connectivity index (χ3n) is 4.15. The number of ether oxygens (including phenoxy) is 4. The van der Waals surface area contributed by atoms with Gasteiger partial charge in [-0.15, -0.1) is 0 Å². The minimum Gasteiger partial charge on any atom is -0.493 e. The Bertz CT molecular complexity index is 1040. The van der Waals surface area contributed by atoms with E-state index in [9.17, 15) is 9.59 Å². The number of nitrogens with zero attached hydrogens (tertiary/aromatic N) is 1. The van der Waals surface area contributed by atoms with Gasteiger partial charge in [-0.05, 0) is 30.3 Å². The lowest BCUT2D eigenvalue weighted by Gasteiger charge is -2.15. The highest BCUT2D eigenvalue weighted by atomic mass is 16.5. The monoisotopic (exact) mass is 385 g/mol. The number of esters is 1. The van der Waals surface area contributed by atoms with Crippen LogP contribution in [0.1, 0.15) is 20.8 Å². The summed E-state index contributed by atoms with van der Waals surface area (Å²) in [7, 11) is 5.67. The number of anilines is 1. The van der Waals surface area contributed by atoms with Gasteiger partial charge in [0.2, 0.25) is 5.75 Å². The van der Waals surface area contributed by atoms with E-state index in [0.29, 0.717) is 28.1 Å². The van der Waals surface area contributed by atoms with Gasteiger partial charge >= 0.3 is 5.97 Å². The van der Waals surface area contributed by atoms with Gasteiger partial charge in [0.05, 0.1) is 39.5 Å². The van der Waals surface area contributed by atoms with Crippen LogP contribution in [-0.2, 0) is 4.74 Å². The molecule has 0 bridgehead atoms. The second-order valence-electron chi connectivity index (χ2n) is 5.66. The van der Waals surface area contributed by atoms with E-state index in [1.807, 2.05) is 0 Å². The molecule has 0 saturated heterocycles. The number of aromatic amines is 1. The summed E-state index contributed by atoms with van der Waals surface area (Å²) in [4.78, 5) is 24.6. The summed E-state index contributed by atoms with van der Waals surface area (Å²) in [5.74, 6) is 0.0184. The molecule has 1 heterocycles. The zero-order valence-corrected chi connectivity index (χ0v) is 15.8. The van der Waals surface area contributed by atoms with Crippen LogP contribution >= 0.6 is 0 Å². The van der Waals surface area contributed by atoms with Gasteiger partial charge in [-0.1, -0.05) is 0 Å². The standard InChI is InChI=1S/C19H19N3O6/c1-25-14-8-6-11(16(26-2)17(14)27-3)18(23)20-10-5-7-13-12(9-10)15(22-21-13)19(24)28-4/h5-9H,1-4H3,(H,20,23)(H,21,22). The predicted octanol–water partition coefficient (Wildman–Crippen LogP) is 2.63. The van der Waals surface area contributed by atoms with Gasteiger partial charge in [-0.3, -0.25) is 9.89 Å². The third-order valence-corrected chi connectivity index (χ3v) is 4.15. The van der Waals surface area contributed by atoms with E-state index in [4.69, 9.17) is 18.9 Å². The van der Waals surface area contributed by atoms with E-state index >= 15 is 0 Å². The molecule has 2 aromatic carbocycles. The van der Waals surface area contributed by atoms with Gasteiger partial charge in [-0.2, -0.15) is 5.10 Å². The first-order valence-electron chi connectivity index (χ1n) is 8.20. The third kappa shape index (κ3) is 3.29. The Balaban J connectivity index is 1.96. The zero-order chi connectivity index (χ0) is 20.3. The molecule has 146 valence electrons. The molecular formula is C19H19N3O6. The van der Waals surface area contributed by atoms with Crippen LogP contribution < -0.4 is 19.5 Å². The van der Waals surface area contributed by atoms with Crippen LogP contribution in [0.4, 0.5) is 5.69 Å². The second-order valence-corrected chi connectivity index (χ2v) is 5.66. The number of amides is 1. The molecule has 9 nitrogen and oxygen atoms in total. The molecular weight excluding hydrogens is 366 g/mol. The normalized spacial score (nSPS) is 10.4. The largest absolute Gasteiger partial charge is 0.493 e. The summed E-state index contributed by atoms with van der Waals surface area (Å²) in [5.41, 5.74) is 1.51. The van der Waals surface area contributed by atoms with Gasteiger partial charge in [0.1, 0.15) is 0 Å². The SMILES string of the molecule is COC(=O)c1n[nH]c2ccc(NC(=O)c3ccc(OC)c(OC)c3OC)cc12. The van der Waals surface area contributed by atoms with Gasteiger partial charge in [0.15, 0.2) is 17.2 Å². The van der Waals surface area contributed by atoms with Crippen molar-refractivity contribution in [1.29, 1.82) is 0 Å². The van der Waals surface area contributed by atoms with Crippen LogP contribution in [0.25, 0.3) is 10.9 Å². The van der Waals surface area contributed by atoms with E-state index in [2.05, 4.69) is 15.5 Å². The van der Waals surface area contributed by atoms with Crippen LogP contribution in [0.15, 0.2) is 30.3 Å². The molecule has 0 saturated carbocycles. The fraction of sp³-hybridized carbons (Fsp3) is 0.211. The Kier molecular flexibility index (Phi) is 5.35. The summed E-state index contributed by atoms with van der Waals surface area (Å²) < 4.78 is 20.6. The fourth-order valence-electron chi connectivity index (χ4n) is 2.82. The molecule has 3 rings (SSSR count). The van der Waals surface area contributed by atoms with Crippen molar-refractivity contribution in [3.05, 3.63) is 41.6 Å². The van der Waals surface area contributed by atoms with E-state index in [1.54, 1.807) is 30.3 Å². The molecule has 0 spiro atoms. The van der Waals surface area contributed by atoms with Gasteiger partial charge in [0.25, 0.3) is 5.91 Å². The molecule has 0 atom stereocenters. The molecule has 9 heteroatoms. The highest BCUT2D eigenvalue weighted by Crippen LogP contribution is 2.40. The molecule has 3 aromatic rings. The van der Waals surface area contributed by atoms with E-state index in [-0.39, 0.29) is 17.0 Å². The number of hydrogen-bond donors (Lipinski definition) is 2. The van der Waals surface area contributed by atoms with Gasteiger partial charge < -0.3 is 24.3 Å². The van der Waals surface area contributed by atoms with Gasteiger partial charge in [0, 0.05) is 11.1 Å². The summed E-state index contributed by atoms with van der Waals surface area (Å²) in [6, 6.07) is 8.22. The molecule has 0 radical (unpaired) electrons. The lowest BCUT2D eigenvalue weighted by atomic mass is 10.1. The Hall–Kier alpha value is -3.75. The van der Waals surface area contributed by atoms with Gasteiger partial charge in [-0.25, -0.2) is 4.79 Å². The van der Waals surface area contributed by atoms with Crippen LogP contribution in [0.5, 0.6) is 17.2 Å². The lowest BCUT2D eigenvalue weighted by Crippen LogP contribution is -2.14. The Morgan fingerprint density at radius 3 is 2.36 bits per heavy atom. The number of aromatic nitrogens is 2. The summed E-state index contributed by atoms with van der Waals surface area (Å²) in [6.45, 7) is 0. The first kappa shape index (κ1) is 19.0. The van der Waals surface area contributed by atoms with E-state index in [1.165, 1.54) is 28.4 Å². The summed E-state index contributed by atoms with van der Waals surface area (Å²) >= 11 is 0. The number of benzene rings is 2. The maximum Gasteiger partial charge on any atom is 0.359 e. The van der Waals surface area contributed by atoms with E-state index < -0.39 is 11.9 Å². The molecule has 28 heavy (non-hydrogen) atoms. The van der Waals surface area contributed by atoms with Crippen molar-refractivity contribution in [2.24, 2.45) is 0 Å². The fourth-order valence-corrected chi connectivity index (χ4v) is 2.82. The smallest absolute Gasteiger partial charge is 0.359 e. The van der Waals surface area contributed by atoms with Crippen molar-refractivity contribution in [3.8, 4) is 17.2 Å². The van der Waals surface area contributed by atoms with Crippen LogP contribution in [0.2, 0.25) is 0 Å². The highest BCUT2D eigenvalue weighted by molar-refractivity contribution is 6.09. The van der Waals surface area contributed by atoms with Crippen molar-refractivity contribution in [2.45, 2.75) is 0 Å². The van der Waals surface area contributed by atoms with Crippen molar-refractivity contribution in [2.75, 3.05) is 33.8 Å². The minimum absolute atomic E-state index is 0.136. The average molecular weight is 385 g/mol. The number of methoxy groups -OCH3 is 4. The topological polar surface area (TPSA) is 112 Å². The Morgan fingerprint density at radius 1 is 0.964 bits per heavy atom. The predicted molar refractivity (Wildman–Crippen MR) is 101 cm³/mol. The first-order chi connectivity index (χ1) is 13.5. The molecule has 0 unspecified atom stereocenters. The maximum absolute atomic E-state index is 12.8. The van der Waals surface area contributed by atoms with Crippen molar-refractivity contribution in [1.82, 2.24) is 10.2 Å². The average Bonchev–Trinajstić information content (AvgIpc) is 3.14. The molecule has 1 amide bonds. The molecule has 1 aromatic heterocycles. The highest BCUT2D eigenvalue weighted by Gasteiger charge is 2.21. The summed E-state index contributed by atoms with van der Waals surface area (Å²) in [5, 5.41) is 10.0. The molecule has 2 N–H and O–H groups in total. The van der Waals surface area contributed by atoms with Crippen LogP contribution in [0, 0.1) is 0 Å². The minimum atomic E-state index is -0.573. The quantitative estimate of drug-likeness (QED) is 0.627. The molecule has 0 aliphatic rings. The van der Waals surface area contributed by atoms with Crippen LogP contribution in [-0.4, -0.2) is 50.5 Å². The van der Waals surface area contributed by atoms with Crippen molar-refractivity contribution in [3.63, 3.8) is 0 Å². The first-order valence-corrected chi connectivity index (χ1v) is 8.20. The molecule has 0 fully saturated rings. The summed E-state index contributed by atoms with van der Waals surface area (Å²) in [6.07, 6.45) is 0. The van der Waals surface area contributed by atoms with Crippen molar-refractivity contribution < 1.29 is 28.5 Å². The molecule has 0 aliphatic carbocycles. The number of fused-ring (bicyclic) bond motifs is 1. The Labute approximate surface area is 160 Å². The molecule has 0 aliphatic heterocycles. The zero-order valence-electron chi connectivity index (χ0n) is 15.8. The number of hydrogen-bond acceptors (Lipinski definition) is 7. The maximum atomic E-state index is 12.8. The number of carbonyl (C=O) groups excluding carboxylic acids is 2. The van der Waals surface area contributed by atoms with E-state index in [0.717, 1.165) is 0 Å². The Morgan fingerprint density at radius 2 is 1.71 bits per heavy atom. The number of carbonyl (C=O) groups is 2. The number of H-pyrrole nitrogens is 1. The van der Waals surface area contributed by atoms with Crippen LogP contribution in [0.3, 0.4) is 0 Å². The van der Waals surface area contributed by atoms with Crippen molar-refractivity contribution >= 4 is 28.5 Å².